The molecule has 2 aromatic rings. The summed E-state index contributed by atoms with van der Waals surface area (Å²) in [4.78, 5) is 27.7. The Morgan fingerprint density at radius 3 is 2.15 bits per heavy atom. The molecule has 0 aliphatic carbocycles. The molecule has 10 heteroatoms. The van der Waals surface area contributed by atoms with Gasteiger partial charge in [0.2, 0.25) is 21.8 Å². The van der Waals surface area contributed by atoms with Crippen molar-refractivity contribution < 1.29 is 18.0 Å². The van der Waals surface area contributed by atoms with E-state index in [9.17, 15) is 18.0 Å². The number of aryl methyl sites for hydroxylation is 2. The molecule has 0 saturated heterocycles. The van der Waals surface area contributed by atoms with Crippen LogP contribution in [0.3, 0.4) is 0 Å². The van der Waals surface area contributed by atoms with E-state index in [1.807, 2.05) is 26.8 Å². The molecule has 2 aromatic carbocycles. The van der Waals surface area contributed by atoms with Crippen LogP contribution in [-0.4, -0.2) is 50.0 Å². The summed E-state index contributed by atoms with van der Waals surface area (Å²) in [6.45, 7) is 8.29. The first-order valence-corrected chi connectivity index (χ1v) is 13.4. The lowest BCUT2D eigenvalue weighted by Crippen LogP contribution is -2.52. The van der Waals surface area contributed by atoms with E-state index in [4.69, 9.17) is 23.2 Å². The fourth-order valence-electron chi connectivity index (χ4n) is 3.42. The minimum atomic E-state index is -3.81. The maximum atomic E-state index is 13.6. The first-order chi connectivity index (χ1) is 15.7. The standard InChI is InChI=1S/C24H31Cl2N3O4S/c1-15(2)27-24(31)18(5)28(13-19-20(25)8-7-9-21(19)26)23(30)14-29(34(6,32)33)22-12-16(3)10-11-17(22)4/h7-12,15,18H,13-14H2,1-6H3,(H,27,31)/t18-/m1/s1. The van der Waals surface area contributed by atoms with Gasteiger partial charge in [0.1, 0.15) is 12.6 Å². The number of nitrogens with one attached hydrogen (secondary N) is 1. The fraction of sp³-hybridized carbons (Fsp3) is 0.417. The molecule has 0 aliphatic heterocycles. The fourth-order valence-corrected chi connectivity index (χ4v) is 4.84. The number of carbonyl (C=O) groups is 2. The smallest absolute Gasteiger partial charge is 0.244 e. The van der Waals surface area contributed by atoms with Crippen LogP contribution in [0.2, 0.25) is 10.0 Å². The summed E-state index contributed by atoms with van der Waals surface area (Å²) >= 11 is 12.7. The number of amides is 2. The SMILES string of the molecule is Cc1ccc(C)c(N(CC(=O)N(Cc2c(Cl)cccc2Cl)[C@H](C)C(=O)NC(C)C)S(C)(=O)=O)c1. The molecule has 0 heterocycles. The van der Waals surface area contributed by atoms with E-state index in [0.29, 0.717) is 26.9 Å². The third-order valence-electron chi connectivity index (χ3n) is 5.30. The summed E-state index contributed by atoms with van der Waals surface area (Å²) in [5, 5.41) is 3.48. The molecule has 0 aliphatic rings. The van der Waals surface area contributed by atoms with Gasteiger partial charge < -0.3 is 10.2 Å². The summed E-state index contributed by atoms with van der Waals surface area (Å²) in [6, 6.07) is 9.31. The van der Waals surface area contributed by atoms with Crippen molar-refractivity contribution in [1.29, 1.82) is 0 Å². The normalized spacial score (nSPS) is 12.4. The van der Waals surface area contributed by atoms with Crippen LogP contribution in [0.5, 0.6) is 0 Å². The maximum Gasteiger partial charge on any atom is 0.244 e. The molecule has 0 saturated carbocycles. The quantitative estimate of drug-likeness (QED) is 0.526. The number of carbonyl (C=O) groups excluding carboxylic acids is 2. The van der Waals surface area contributed by atoms with Crippen molar-refractivity contribution in [2.24, 2.45) is 0 Å². The highest BCUT2D eigenvalue weighted by Gasteiger charge is 2.31. The van der Waals surface area contributed by atoms with E-state index < -0.39 is 28.5 Å². The Kier molecular flexibility index (Phi) is 9.39. The van der Waals surface area contributed by atoms with Crippen LogP contribution >= 0.6 is 23.2 Å². The highest BCUT2D eigenvalue weighted by Crippen LogP contribution is 2.28. The van der Waals surface area contributed by atoms with Gasteiger partial charge in [-0.15, -0.1) is 0 Å². The molecule has 0 fully saturated rings. The van der Waals surface area contributed by atoms with Gasteiger partial charge in [-0.3, -0.25) is 13.9 Å². The highest BCUT2D eigenvalue weighted by atomic mass is 35.5. The summed E-state index contributed by atoms with van der Waals surface area (Å²) in [7, 11) is -3.81. The van der Waals surface area contributed by atoms with E-state index in [0.717, 1.165) is 16.1 Å². The van der Waals surface area contributed by atoms with Gasteiger partial charge in [0.25, 0.3) is 0 Å². The molecule has 34 heavy (non-hydrogen) atoms. The van der Waals surface area contributed by atoms with Gasteiger partial charge in [-0.2, -0.15) is 0 Å². The van der Waals surface area contributed by atoms with Crippen LogP contribution in [0, 0.1) is 13.8 Å². The number of sulfonamides is 1. The predicted octanol–water partition coefficient (Wildman–Crippen LogP) is 4.32. The van der Waals surface area contributed by atoms with E-state index in [-0.39, 0.29) is 18.5 Å². The number of hydrogen-bond acceptors (Lipinski definition) is 4. The van der Waals surface area contributed by atoms with E-state index in [1.54, 1.807) is 44.2 Å². The first kappa shape index (κ1) is 28.0. The second-order valence-electron chi connectivity index (χ2n) is 8.62. The molecule has 1 atom stereocenters. The molecule has 0 spiro atoms. The summed E-state index contributed by atoms with van der Waals surface area (Å²) in [5.41, 5.74) is 2.44. The number of benzene rings is 2. The van der Waals surface area contributed by atoms with Gasteiger partial charge in [0.05, 0.1) is 11.9 Å². The number of rotatable bonds is 9. The lowest BCUT2D eigenvalue weighted by Gasteiger charge is -2.32. The Balaban J connectivity index is 2.50. The largest absolute Gasteiger partial charge is 0.352 e. The minimum Gasteiger partial charge on any atom is -0.352 e. The second-order valence-corrected chi connectivity index (χ2v) is 11.3. The van der Waals surface area contributed by atoms with Crippen LogP contribution in [0.15, 0.2) is 36.4 Å². The lowest BCUT2D eigenvalue weighted by molar-refractivity contribution is -0.139. The number of hydrogen-bond donors (Lipinski definition) is 1. The molecular weight excluding hydrogens is 497 g/mol. The van der Waals surface area contributed by atoms with Crippen LogP contribution in [-0.2, 0) is 26.2 Å². The molecule has 2 rings (SSSR count). The van der Waals surface area contributed by atoms with Crippen molar-refractivity contribution in [2.45, 2.75) is 53.2 Å². The molecule has 0 bridgehead atoms. The number of anilines is 1. The second kappa shape index (κ2) is 11.4. The Bertz CT molecular complexity index is 1150. The molecule has 0 unspecified atom stereocenters. The van der Waals surface area contributed by atoms with Gasteiger partial charge >= 0.3 is 0 Å². The Labute approximate surface area is 212 Å². The molecule has 1 N–H and O–H groups in total. The minimum absolute atomic E-state index is 0.0611. The molecule has 2 amide bonds. The van der Waals surface area contributed by atoms with Crippen molar-refractivity contribution in [1.82, 2.24) is 10.2 Å². The van der Waals surface area contributed by atoms with Gasteiger partial charge in [0.15, 0.2) is 0 Å². The highest BCUT2D eigenvalue weighted by molar-refractivity contribution is 7.92. The average molecular weight is 529 g/mol. The number of halogens is 2. The first-order valence-electron chi connectivity index (χ1n) is 10.8. The third-order valence-corrected chi connectivity index (χ3v) is 7.14. The zero-order valence-corrected chi connectivity index (χ0v) is 22.6. The molecule has 186 valence electrons. The molecule has 0 aromatic heterocycles. The summed E-state index contributed by atoms with van der Waals surface area (Å²) in [5.74, 6) is -0.933. The van der Waals surface area contributed by atoms with Crippen molar-refractivity contribution in [3.05, 3.63) is 63.1 Å². The Morgan fingerprint density at radius 1 is 1.03 bits per heavy atom. The van der Waals surface area contributed by atoms with Gasteiger partial charge in [-0.1, -0.05) is 41.4 Å². The van der Waals surface area contributed by atoms with Crippen molar-refractivity contribution >= 4 is 50.7 Å². The summed E-state index contributed by atoms with van der Waals surface area (Å²) in [6.07, 6.45) is 1.05. The van der Waals surface area contributed by atoms with Gasteiger partial charge in [0, 0.05) is 28.2 Å². The number of nitrogens with zero attached hydrogens (tertiary/aromatic N) is 2. The van der Waals surface area contributed by atoms with Crippen LogP contribution in [0.1, 0.15) is 37.5 Å². The average Bonchev–Trinajstić information content (AvgIpc) is 2.72. The predicted molar refractivity (Wildman–Crippen MR) is 138 cm³/mol. The van der Waals surface area contributed by atoms with Crippen LogP contribution in [0.25, 0.3) is 0 Å². The maximum absolute atomic E-state index is 13.6. The van der Waals surface area contributed by atoms with Gasteiger partial charge in [-0.05, 0) is 63.9 Å². The van der Waals surface area contributed by atoms with Gasteiger partial charge in [-0.25, -0.2) is 8.42 Å². The molecule has 0 radical (unpaired) electrons. The zero-order valence-electron chi connectivity index (χ0n) is 20.2. The topological polar surface area (TPSA) is 86.8 Å². The molecular formula is C24H31Cl2N3O4S. The van der Waals surface area contributed by atoms with E-state index in [1.165, 1.54) is 4.90 Å². The van der Waals surface area contributed by atoms with Crippen LogP contribution in [0.4, 0.5) is 5.69 Å². The zero-order chi connectivity index (χ0) is 25.8. The Morgan fingerprint density at radius 2 is 1.62 bits per heavy atom. The Hall–Kier alpha value is -2.29. The van der Waals surface area contributed by atoms with Crippen molar-refractivity contribution in [3.63, 3.8) is 0 Å². The third kappa shape index (κ3) is 7.10. The monoisotopic (exact) mass is 527 g/mol. The molecule has 7 nitrogen and oxygen atoms in total. The summed E-state index contributed by atoms with van der Waals surface area (Å²) < 4.78 is 26.5. The van der Waals surface area contributed by atoms with Crippen molar-refractivity contribution in [3.8, 4) is 0 Å². The van der Waals surface area contributed by atoms with E-state index >= 15 is 0 Å². The van der Waals surface area contributed by atoms with Crippen molar-refractivity contribution in [2.75, 3.05) is 17.1 Å². The van der Waals surface area contributed by atoms with E-state index in [2.05, 4.69) is 5.32 Å². The lowest BCUT2D eigenvalue weighted by atomic mass is 10.1. The van der Waals surface area contributed by atoms with Crippen LogP contribution < -0.4 is 9.62 Å².